The molecule has 1 saturated carbocycles. The van der Waals surface area contributed by atoms with Gasteiger partial charge in [-0.05, 0) is 39.3 Å². The number of sulfonamides is 1. The molecule has 0 aliphatic heterocycles. The standard InChI is InChI=1S/C10H22N2O3S/c1-11-5-3-4-6-16(13,14)12-9-7-10(8-9)15-2/h9-12H,3-8H2,1-2H3. The molecule has 0 radical (unpaired) electrons. The Kier molecular flexibility index (Phi) is 5.68. The third-order valence-corrected chi connectivity index (χ3v) is 4.38. The first kappa shape index (κ1) is 13.9. The van der Waals surface area contributed by atoms with Crippen molar-refractivity contribution >= 4 is 10.0 Å². The summed E-state index contributed by atoms with van der Waals surface area (Å²) >= 11 is 0. The summed E-state index contributed by atoms with van der Waals surface area (Å²) in [5.74, 6) is 0.225. The van der Waals surface area contributed by atoms with Crippen molar-refractivity contribution in [2.75, 3.05) is 26.5 Å². The van der Waals surface area contributed by atoms with Crippen molar-refractivity contribution in [3.63, 3.8) is 0 Å². The average molecular weight is 250 g/mol. The summed E-state index contributed by atoms with van der Waals surface area (Å²) in [7, 11) is 0.440. The van der Waals surface area contributed by atoms with Gasteiger partial charge in [0.05, 0.1) is 11.9 Å². The average Bonchev–Trinajstić information content (AvgIpc) is 2.18. The van der Waals surface area contributed by atoms with Gasteiger partial charge in [-0.3, -0.25) is 0 Å². The van der Waals surface area contributed by atoms with Crippen molar-refractivity contribution in [3.8, 4) is 0 Å². The van der Waals surface area contributed by atoms with E-state index in [2.05, 4.69) is 10.0 Å². The molecule has 0 aromatic heterocycles. The monoisotopic (exact) mass is 250 g/mol. The van der Waals surface area contributed by atoms with Gasteiger partial charge >= 0.3 is 0 Å². The number of ether oxygens (including phenoxy) is 1. The Morgan fingerprint density at radius 3 is 2.56 bits per heavy atom. The van der Waals surface area contributed by atoms with Crippen LogP contribution in [0, 0.1) is 0 Å². The Labute approximate surface area is 98.0 Å². The first-order valence-electron chi connectivity index (χ1n) is 5.75. The van der Waals surface area contributed by atoms with Crippen LogP contribution in [0.5, 0.6) is 0 Å². The highest BCUT2D eigenvalue weighted by Gasteiger charge is 2.31. The fourth-order valence-corrected chi connectivity index (χ4v) is 3.16. The molecule has 1 aliphatic carbocycles. The molecule has 0 aromatic carbocycles. The Hall–Kier alpha value is -0.170. The maximum atomic E-state index is 11.6. The minimum Gasteiger partial charge on any atom is -0.381 e. The van der Waals surface area contributed by atoms with Crippen molar-refractivity contribution in [2.24, 2.45) is 0 Å². The summed E-state index contributed by atoms with van der Waals surface area (Å²) in [4.78, 5) is 0. The van der Waals surface area contributed by atoms with E-state index in [1.807, 2.05) is 7.05 Å². The predicted molar refractivity (Wildman–Crippen MR) is 63.9 cm³/mol. The first-order chi connectivity index (χ1) is 7.57. The lowest BCUT2D eigenvalue weighted by Gasteiger charge is -2.34. The lowest BCUT2D eigenvalue weighted by atomic mass is 9.90. The van der Waals surface area contributed by atoms with Crippen LogP contribution in [0.2, 0.25) is 0 Å². The van der Waals surface area contributed by atoms with Gasteiger partial charge in [-0.15, -0.1) is 0 Å². The van der Waals surface area contributed by atoms with E-state index in [4.69, 9.17) is 4.74 Å². The lowest BCUT2D eigenvalue weighted by molar-refractivity contribution is 0.0236. The van der Waals surface area contributed by atoms with E-state index < -0.39 is 10.0 Å². The predicted octanol–water partition coefficient (Wildman–Crippen LogP) is 0.0828. The molecule has 16 heavy (non-hydrogen) atoms. The second kappa shape index (κ2) is 6.54. The normalized spacial score (nSPS) is 25.4. The van der Waals surface area contributed by atoms with Gasteiger partial charge in [-0.1, -0.05) is 0 Å². The third kappa shape index (κ3) is 4.78. The first-order valence-corrected chi connectivity index (χ1v) is 7.40. The number of methoxy groups -OCH3 is 1. The fraction of sp³-hybridized carbons (Fsp3) is 1.00. The van der Waals surface area contributed by atoms with Crippen molar-refractivity contribution in [1.29, 1.82) is 0 Å². The van der Waals surface area contributed by atoms with Crippen molar-refractivity contribution in [1.82, 2.24) is 10.0 Å². The Morgan fingerprint density at radius 1 is 1.31 bits per heavy atom. The molecule has 0 atom stereocenters. The highest BCUT2D eigenvalue weighted by atomic mass is 32.2. The molecule has 0 unspecified atom stereocenters. The minimum atomic E-state index is -3.09. The number of hydrogen-bond donors (Lipinski definition) is 2. The minimum absolute atomic E-state index is 0.0826. The molecule has 0 bridgehead atoms. The molecule has 0 spiro atoms. The summed E-state index contributed by atoms with van der Waals surface area (Å²) < 4.78 is 31.0. The molecule has 0 heterocycles. The van der Waals surface area contributed by atoms with Crippen molar-refractivity contribution in [2.45, 2.75) is 37.8 Å². The van der Waals surface area contributed by atoms with Crippen molar-refractivity contribution < 1.29 is 13.2 Å². The lowest BCUT2D eigenvalue weighted by Crippen LogP contribution is -2.48. The molecule has 2 N–H and O–H groups in total. The van der Waals surface area contributed by atoms with Gasteiger partial charge in [0.25, 0.3) is 0 Å². The zero-order chi connectivity index (χ0) is 12.0. The second-order valence-corrected chi connectivity index (χ2v) is 6.15. The fourth-order valence-electron chi connectivity index (χ4n) is 1.76. The van der Waals surface area contributed by atoms with Crippen LogP contribution in [-0.4, -0.2) is 47.0 Å². The van der Waals surface area contributed by atoms with Gasteiger partial charge in [0.15, 0.2) is 0 Å². The van der Waals surface area contributed by atoms with Crippen molar-refractivity contribution in [3.05, 3.63) is 0 Å². The number of rotatable bonds is 8. The number of unbranched alkanes of at least 4 members (excludes halogenated alkanes) is 1. The topological polar surface area (TPSA) is 67.4 Å². The maximum Gasteiger partial charge on any atom is 0.211 e. The van der Waals surface area contributed by atoms with E-state index in [-0.39, 0.29) is 17.9 Å². The van der Waals surface area contributed by atoms with E-state index in [1.165, 1.54) is 0 Å². The molecule has 1 fully saturated rings. The summed E-state index contributed by atoms with van der Waals surface area (Å²) in [5.41, 5.74) is 0. The van der Waals surface area contributed by atoms with Crippen LogP contribution in [0.15, 0.2) is 0 Å². The third-order valence-electron chi connectivity index (χ3n) is 2.86. The molecule has 1 aliphatic rings. The molecule has 1 rings (SSSR count). The quantitative estimate of drug-likeness (QED) is 0.599. The van der Waals surface area contributed by atoms with Gasteiger partial charge in [-0.2, -0.15) is 0 Å². The van der Waals surface area contributed by atoms with Gasteiger partial charge < -0.3 is 10.1 Å². The van der Waals surface area contributed by atoms with Crippen LogP contribution < -0.4 is 10.0 Å². The molecular weight excluding hydrogens is 228 g/mol. The largest absolute Gasteiger partial charge is 0.381 e. The zero-order valence-electron chi connectivity index (χ0n) is 10.0. The van der Waals surface area contributed by atoms with Gasteiger partial charge in [0, 0.05) is 13.2 Å². The van der Waals surface area contributed by atoms with E-state index in [1.54, 1.807) is 7.11 Å². The van der Waals surface area contributed by atoms with Crippen LogP contribution in [0.3, 0.4) is 0 Å². The smallest absolute Gasteiger partial charge is 0.211 e. The Morgan fingerprint density at radius 2 is 2.00 bits per heavy atom. The highest BCUT2D eigenvalue weighted by Crippen LogP contribution is 2.23. The van der Waals surface area contributed by atoms with Crippen LogP contribution >= 0.6 is 0 Å². The molecule has 5 nitrogen and oxygen atoms in total. The van der Waals surface area contributed by atoms with Crippen LogP contribution in [0.1, 0.15) is 25.7 Å². The van der Waals surface area contributed by atoms with E-state index in [9.17, 15) is 8.42 Å². The summed E-state index contributed by atoms with van der Waals surface area (Å²) in [6, 6.07) is 0.0826. The maximum absolute atomic E-state index is 11.6. The molecule has 0 amide bonds. The Balaban J connectivity index is 2.15. The zero-order valence-corrected chi connectivity index (χ0v) is 10.8. The van der Waals surface area contributed by atoms with Crippen LogP contribution in [0.4, 0.5) is 0 Å². The van der Waals surface area contributed by atoms with E-state index >= 15 is 0 Å². The molecular formula is C10H22N2O3S. The van der Waals surface area contributed by atoms with Crippen LogP contribution in [-0.2, 0) is 14.8 Å². The number of nitrogens with one attached hydrogen (secondary N) is 2. The van der Waals surface area contributed by atoms with Gasteiger partial charge in [-0.25, -0.2) is 13.1 Å². The summed E-state index contributed by atoms with van der Waals surface area (Å²) in [6.45, 7) is 0.866. The van der Waals surface area contributed by atoms with Gasteiger partial charge in [0.1, 0.15) is 0 Å². The van der Waals surface area contributed by atoms with Gasteiger partial charge in [0.2, 0.25) is 10.0 Å². The second-order valence-electron chi connectivity index (χ2n) is 4.27. The SMILES string of the molecule is CNCCCCS(=O)(=O)NC1CC(OC)C1. The van der Waals surface area contributed by atoms with Crippen LogP contribution in [0.25, 0.3) is 0 Å². The molecule has 6 heteroatoms. The van der Waals surface area contributed by atoms with E-state index in [0.29, 0.717) is 6.42 Å². The van der Waals surface area contributed by atoms with E-state index in [0.717, 1.165) is 25.8 Å². The summed E-state index contributed by atoms with van der Waals surface area (Å²) in [6.07, 6.45) is 3.43. The number of hydrogen-bond acceptors (Lipinski definition) is 4. The highest BCUT2D eigenvalue weighted by molar-refractivity contribution is 7.89. The summed E-state index contributed by atoms with van der Waals surface area (Å²) in [5, 5.41) is 3.00. The molecule has 0 saturated heterocycles. The molecule has 0 aromatic rings. The molecule has 96 valence electrons. The Bertz CT molecular complexity index is 286.